The number of carbonyl (C=O) groups excluding carboxylic acids is 11. The first-order chi connectivity index (χ1) is 45.1. The Morgan fingerprint density at radius 1 is 0.469 bits per heavy atom. The Labute approximate surface area is 588 Å². The van der Waals surface area contributed by atoms with Crippen LogP contribution in [0, 0.1) is 41.4 Å². The van der Waals surface area contributed by atoms with E-state index < -0.39 is 176 Å². The molecule has 564 valence electrons. The molecule has 1 fully saturated rings. The number of likely N-dealkylation sites (N-methyl/N-ethyl adjacent to an activating group) is 7. The van der Waals surface area contributed by atoms with Crippen LogP contribution in [-0.2, 0) is 62.6 Å². The Kier molecular flexibility index (Phi) is 36.4. The van der Waals surface area contributed by atoms with Crippen LogP contribution in [0.1, 0.15) is 184 Å². The summed E-state index contributed by atoms with van der Waals surface area (Å²) in [5.74, 6) is -12.4. The fraction of sp³-hybridized carbons (Fsp3) is 0.817. The highest BCUT2D eigenvalue weighted by molar-refractivity contribution is 7.92. The molecule has 0 radical (unpaired) electrons. The van der Waals surface area contributed by atoms with Crippen LogP contribution in [0.2, 0.25) is 0 Å². The van der Waals surface area contributed by atoms with Crippen LogP contribution in [0.3, 0.4) is 0 Å². The second kappa shape index (κ2) is 39.7. The molecule has 0 aromatic heterocycles. The van der Waals surface area contributed by atoms with Crippen LogP contribution >= 0.6 is 0 Å². The highest BCUT2D eigenvalue weighted by Crippen LogP contribution is 2.28. The molecule has 1 rings (SSSR count). The van der Waals surface area contributed by atoms with Crippen molar-refractivity contribution in [2.75, 3.05) is 74.7 Å². The van der Waals surface area contributed by atoms with Gasteiger partial charge in [0.2, 0.25) is 65.0 Å². The fourth-order valence-electron chi connectivity index (χ4n) is 12.5. The first kappa shape index (κ1) is 89.8. The first-order valence-electron chi connectivity index (χ1n) is 35.4. The lowest BCUT2D eigenvalue weighted by Crippen LogP contribution is -2.64. The maximum atomic E-state index is 15.6. The number of carbonyl (C=O) groups is 11. The number of aliphatic hydroxyl groups excluding tert-OH is 1. The van der Waals surface area contributed by atoms with Crippen molar-refractivity contribution in [1.82, 2.24) is 60.5 Å². The van der Waals surface area contributed by atoms with Gasteiger partial charge in [-0.15, -0.1) is 0 Å². The van der Waals surface area contributed by atoms with E-state index in [0.717, 1.165) is 14.7 Å². The third-order valence-electron chi connectivity index (χ3n) is 19.1. The van der Waals surface area contributed by atoms with E-state index in [2.05, 4.69) is 21.3 Å². The van der Waals surface area contributed by atoms with Gasteiger partial charge >= 0.3 is 0 Å². The highest BCUT2D eigenvalue weighted by Gasteiger charge is 2.48. The van der Waals surface area contributed by atoms with Crippen LogP contribution in [0.4, 0.5) is 0 Å². The minimum atomic E-state index is -4.39. The summed E-state index contributed by atoms with van der Waals surface area (Å²) in [6.07, 6.45) is 2.33. The van der Waals surface area contributed by atoms with Crippen LogP contribution in [0.25, 0.3) is 0 Å². The summed E-state index contributed by atoms with van der Waals surface area (Å²) in [5, 5.41) is 23.3. The second-order valence-corrected chi connectivity index (χ2v) is 33.0. The van der Waals surface area contributed by atoms with Gasteiger partial charge in [0.1, 0.15) is 66.5 Å². The van der Waals surface area contributed by atoms with Gasteiger partial charge in [-0.1, -0.05) is 123 Å². The Morgan fingerprint density at radius 3 is 1.29 bits per heavy atom. The number of rotatable bonds is 22. The van der Waals surface area contributed by atoms with Crippen LogP contribution in [0.15, 0.2) is 12.2 Å². The molecule has 1 aliphatic rings. The normalized spacial score (nSPS) is 26.1. The molecular weight excluding hydrogens is 1280 g/mol. The number of nitrogens with one attached hydrogen (secondary N) is 4. The summed E-state index contributed by atoms with van der Waals surface area (Å²) < 4.78 is 28.5. The van der Waals surface area contributed by atoms with Crippen molar-refractivity contribution in [2.45, 2.75) is 261 Å². The third-order valence-corrected chi connectivity index (χ3v) is 21.7. The zero-order valence-corrected chi connectivity index (χ0v) is 65.8. The lowest BCUT2D eigenvalue weighted by molar-refractivity contribution is -0.157. The van der Waals surface area contributed by atoms with Crippen molar-refractivity contribution in [2.24, 2.45) is 41.4 Å². The summed E-state index contributed by atoms with van der Waals surface area (Å²) in [6, 6.07) is -15.3. The van der Waals surface area contributed by atoms with Gasteiger partial charge in [-0.25, -0.2) is 8.42 Å². The number of hydrogen-bond acceptors (Lipinski definition) is 15. The maximum Gasteiger partial charge on any atom is 0.246 e. The van der Waals surface area contributed by atoms with Gasteiger partial charge in [-0.3, -0.25) is 52.7 Å². The summed E-state index contributed by atoms with van der Waals surface area (Å²) in [4.78, 5) is 175. The van der Waals surface area contributed by atoms with Gasteiger partial charge < -0.3 is 65.6 Å². The van der Waals surface area contributed by atoms with E-state index in [0.29, 0.717) is 13.1 Å². The highest BCUT2D eigenvalue weighted by atomic mass is 32.2. The van der Waals surface area contributed by atoms with Crippen LogP contribution in [0.5, 0.6) is 0 Å². The van der Waals surface area contributed by atoms with Gasteiger partial charge in [0.05, 0.1) is 16.6 Å². The van der Waals surface area contributed by atoms with E-state index in [1.807, 2.05) is 60.3 Å². The predicted molar refractivity (Wildman–Crippen MR) is 383 cm³/mol. The number of sulfone groups is 1. The van der Waals surface area contributed by atoms with Crippen molar-refractivity contribution in [3.63, 3.8) is 0 Å². The van der Waals surface area contributed by atoms with Gasteiger partial charge in [0, 0.05) is 55.9 Å². The molecule has 0 bridgehead atoms. The second-order valence-electron chi connectivity index (χ2n) is 30.3. The quantitative estimate of drug-likeness (QED) is 0.0950. The van der Waals surface area contributed by atoms with E-state index in [4.69, 9.17) is 0 Å². The van der Waals surface area contributed by atoms with E-state index in [1.54, 1.807) is 74.5 Å². The average molecular weight is 1410 g/mol. The van der Waals surface area contributed by atoms with Gasteiger partial charge in [0.25, 0.3) is 0 Å². The maximum absolute atomic E-state index is 15.6. The molecular formula is C71H130N12O14S. The Bertz CT molecular complexity index is 2840. The Balaban J connectivity index is 4.72. The molecule has 1 heterocycles. The van der Waals surface area contributed by atoms with E-state index >= 15 is 42.0 Å². The Morgan fingerprint density at radius 2 is 0.857 bits per heavy atom. The minimum Gasteiger partial charge on any atom is -0.390 e. The van der Waals surface area contributed by atoms with Crippen LogP contribution in [-0.4, -0.2) is 270 Å². The number of aliphatic hydroxyl groups is 1. The van der Waals surface area contributed by atoms with Crippen molar-refractivity contribution < 1.29 is 66.3 Å². The molecule has 5 N–H and O–H groups in total. The molecule has 0 aromatic carbocycles. The molecule has 11 amide bonds. The van der Waals surface area contributed by atoms with Gasteiger partial charge in [-0.2, -0.15) is 0 Å². The van der Waals surface area contributed by atoms with Gasteiger partial charge in [-0.05, 0) is 128 Å². The standard InChI is InChI=1S/C71H130N12O14S/c1-29-33-34-47(17)59(84)58-63(88)74-50(30-2)65(90)80(26)55(39-98(96,97)71(20,21)40-83(31-3)32-4)68(93)76(22)52(36-42(7)8)62(87)75-56(45(13)14)69(94)77(23)51(35-41(5)6)61(86)72-48(18)60(85)73-49(19)64(89)78(24)53(37-43(9)10)66(91)79(25)54(38-44(11)12)67(92)81(27)57(46(15)16)70(95)82(58)28/h29,33,41-59,84H,30-32,34-40H2,1-28H3,(H,72,86)(H,73,85)(H,74,88)(H,75,87)/t47-,48-,49+,50-,51-,52+,53-,54-,55-,56-,57-,58-,59-/m1/s1. The summed E-state index contributed by atoms with van der Waals surface area (Å²) in [7, 11) is 5.14. The van der Waals surface area contributed by atoms with Crippen LogP contribution < -0.4 is 21.3 Å². The lowest BCUT2D eigenvalue weighted by Gasteiger charge is -2.41. The smallest absolute Gasteiger partial charge is 0.246 e. The molecule has 0 aromatic rings. The Hall–Kier alpha value is -6.22. The van der Waals surface area contributed by atoms with Crippen molar-refractivity contribution >= 4 is 74.8 Å². The van der Waals surface area contributed by atoms with Crippen molar-refractivity contribution in [1.29, 1.82) is 0 Å². The fourth-order valence-corrected chi connectivity index (χ4v) is 14.1. The zero-order chi connectivity index (χ0) is 76.3. The molecule has 0 aliphatic carbocycles. The lowest BCUT2D eigenvalue weighted by atomic mass is 9.91. The molecule has 1 aliphatic heterocycles. The minimum absolute atomic E-state index is 0.0176. The van der Waals surface area contributed by atoms with Crippen molar-refractivity contribution in [3.05, 3.63) is 12.2 Å². The van der Waals surface area contributed by atoms with E-state index in [1.165, 1.54) is 96.6 Å². The average Bonchev–Trinajstić information content (AvgIpc) is 0.824. The van der Waals surface area contributed by atoms with Crippen molar-refractivity contribution in [3.8, 4) is 0 Å². The summed E-state index contributed by atoms with van der Waals surface area (Å²) >= 11 is 0. The SMILES string of the molecule is CC=CC[C@@H](C)[C@@H](O)[C@@H]1C(=O)N[C@H](CC)C(=O)N(C)[C@H](CS(=O)(=O)C(C)(C)CN(CC)CC)C(=O)N(C)[C@@H](CC(C)C)C(=O)N[C@H](C(C)C)C(=O)N(C)[C@H](CC(C)C)C(=O)N[C@H](C)C(=O)N[C@@H](C)C(=O)N(C)[C@H](CC(C)C)C(=O)N(C)[C@H](CC(C)C)C(=O)N(C)[C@H](C(C)C)C(=O)N1C. The number of amides is 11. The van der Waals surface area contributed by atoms with E-state index in [9.17, 15) is 24.3 Å². The summed E-state index contributed by atoms with van der Waals surface area (Å²) in [5.41, 5.74) is 0. The molecule has 26 nitrogen and oxygen atoms in total. The molecule has 0 unspecified atom stereocenters. The topological polar surface area (TPSA) is 316 Å². The summed E-state index contributed by atoms with van der Waals surface area (Å²) in [6.45, 7) is 37.2. The molecule has 0 spiro atoms. The molecule has 0 saturated carbocycles. The number of nitrogens with zero attached hydrogens (tertiary/aromatic N) is 8. The predicted octanol–water partition coefficient (Wildman–Crippen LogP) is 4.17. The molecule has 1 saturated heterocycles. The van der Waals surface area contributed by atoms with Gasteiger partial charge in [0.15, 0.2) is 9.84 Å². The number of allylic oxidation sites excluding steroid dienone is 2. The third kappa shape index (κ3) is 24.3. The van der Waals surface area contributed by atoms with E-state index in [-0.39, 0.29) is 68.7 Å². The molecule has 98 heavy (non-hydrogen) atoms. The monoisotopic (exact) mass is 1410 g/mol. The number of hydrogen-bond donors (Lipinski definition) is 5. The molecule has 13 atom stereocenters. The largest absolute Gasteiger partial charge is 0.390 e. The zero-order valence-electron chi connectivity index (χ0n) is 64.9. The molecule has 27 heteroatoms. The first-order valence-corrected chi connectivity index (χ1v) is 37.0.